The minimum Gasteiger partial charge on any atom is -0.294 e. The van der Waals surface area contributed by atoms with Crippen LogP contribution in [0.15, 0.2) is 77.9 Å². The molecule has 0 saturated carbocycles. The van der Waals surface area contributed by atoms with Gasteiger partial charge in [0.1, 0.15) is 5.82 Å². The summed E-state index contributed by atoms with van der Waals surface area (Å²) in [6.45, 7) is 6.30. The summed E-state index contributed by atoms with van der Waals surface area (Å²) in [6.07, 6.45) is 3.79. The Kier molecular flexibility index (Phi) is 7.28. The number of amides is 1. The summed E-state index contributed by atoms with van der Waals surface area (Å²) in [4.78, 5) is 15.8. The molecule has 5 rings (SSSR count). The van der Waals surface area contributed by atoms with Crippen molar-refractivity contribution in [3.63, 3.8) is 0 Å². The number of piperidine rings is 1. The van der Waals surface area contributed by atoms with Crippen molar-refractivity contribution in [3.8, 4) is 0 Å². The molecule has 36 heavy (non-hydrogen) atoms. The van der Waals surface area contributed by atoms with Gasteiger partial charge < -0.3 is 0 Å². The van der Waals surface area contributed by atoms with E-state index in [1.54, 1.807) is 17.1 Å². The predicted molar refractivity (Wildman–Crippen MR) is 142 cm³/mol. The number of carbonyl (C=O) groups excluding carboxylic acids is 1. The molecule has 2 heterocycles. The minimum atomic E-state index is -0.301. The summed E-state index contributed by atoms with van der Waals surface area (Å²) in [5, 5.41) is 6.33. The molecule has 0 radical (unpaired) electrons. The third kappa shape index (κ3) is 5.41. The molecule has 2 aliphatic heterocycles. The number of hydrazone groups is 1. The molecular weight excluding hydrogens is 449 g/mol. The quantitative estimate of drug-likeness (QED) is 0.426. The van der Waals surface area contributed by atoms with Crippen molar-refractivity contribution < 1.29 is 9.18 Å². The summed E-state index contributed by atoms with van der Waals surface area (Å²) >= 11 is 0. The van der Waals surface area contributed by atoms with E-state index in [0.717, 1.165) is 43.5 Å². The van der Waals surface area contributed by atoms with Crippen molar-refractivity contribution in [2.75, 3.05) is 19.6 Å². The average molecular weight is 484 g/mol. The van der Waals surface area contributed by atoms with E-state index in [9.17, 15) is 9.18 Å². The molecule has 0 bridgehead atoms. The summed E-state index contributed by atoms with van der Waals surface area (Å²) < 4.78 is 14.6. The second-order valence-electron chi connectivity index (χ2n) is 10.3. The Morgan fingerprint density at radius 2 is 1.69 bits per heavy atom. The van der Waals surface area contributed by atoms with Crippen LogP contribution < -0.4 is 0 Å². The van der Waals surface area contributed by atoms with Crippen LogP contribution >= 0.6 is 0 Å². The molecular formula is C31H34FN3O. The highest BCUT2D eigenvalue weighted by atomic mass is 19.1. The number of aryl methyl sites for hydroxylation is 2. The molecule has 3 aromatic carbocycles. The molecule has 0 N–H and O–H groups in total. The summed E-state index contributed by atoms with van der Waals surface area (Å²) in [7, 11) is 0. The van der Waals surface area contributed by atoms with E-state index < -0.39 is 0 Å². The molecule has 3 aromatic rings. The van der Waals surface area contributed by atoms with Gasteiger partial charge in [0.2, 0.25) is 0 Å². The van der Waals surface area contributed by atoms with Gasteiger partial charge >= 0.3 is 0 Å². The maximum Gasteiger partial charge on any atom is 0.257 e. The number of likely N-dealkylation sites (tertiary alicyclic amines) is 1. The minimum absolute atomic E-state index is 0.0205. The third-order valence-corrected chi connectivity index (χ3v) is 7.57. The zero-order valence-electron chi connectivity index (χ0n) is 21.2. The largest absolute Gasteiger partial charge is 0.294 e. The third-order valence-electron chi connectivity index (χ3n) is 7.57. The Morgan fingerprint density at radius 1 is 0.972 bits per heavy atom. The van der Waals surface area contributed by atoms with Crippen molar-refractivity contribution in [1.29, 1.82) is 0 Å². The smallest absolute Gasteiger partial charge is 0.257 e. The monoisotopic (exact) mass is 483 g/mol. The van der Waals surface area contributed by atoms with Crippen LogP contribution in [0.5, 0.6) is 0 Å². The number of rotatable bonds is 6. The van der Waals surface area contributed by atoms with E-state index in [4.69, 9.17) is 5.10 Å². The van der Waals surface area contributed by atoms with Crippen LogP contribution in [-0.4, -0.2) is 41.2 Å². The number of benzene rings is 3. The number of hydrogen-bond acceptors (Lipinski definition) is 3. The topological polar surface area (TPSA) is 35.9 Å². The maximum absolute atomic E-state index is 14.6. The van der Waals surface area contributed by atoms with Crippen molar-refractivity contribution in [2.45, 2.75) is 45.6 Å². The maximum atomic E-state index is 14.6. The van der Waals surface area contributed by atoms with Crippen LogP contribution in [0.3, 0.4) is 0 Å². The number of halogens is 1. The molecule has 5 heteroatoms. The fourth-order valence-corrected chi connectivity index (χ4v) is 5.60. The second kappa shape index (κ2) is 10.8. The van der Waals surface area contributed by atoms with E-state index in [1.165, 1.54) is 17.2 Å². The standard InChI is InChI=1S/C31H34FN3O/c1-22-12-13-26(23(2)18-22)30-20-29(27-10-6-7-11-28(27)32)33-35(30)31(36)21-34-16-14-25(15-17-34)19-24-8-4-3-5-9-24/h3-13,18,25,30H,14-17,19-21H2,1-2H3/t30-/m1/s1. The summed E-state index contributed by atoms with van der Waals surface area (Å²) in [5.74, 6) is 0.331. The van der Waals surface area contributed by atoms with E-state index in [-0.39, 0.29) is 17.8 Å². The van der Waals surface area contributed by atoms with E-state index in [0.29, 0.717) is 30.2 Å². The van der Waals surface area contributed by atoms with Gasteiger partial charge in [-0.05, 0) is 74.9 Å². The second-order valence-corrected chi connectivity index (χ2v) is 10.3. The Morgan fingerprint density at radius 3 is 2.42 bits per heavy atom. The van der Waals surface area contributed by atoms with Crippen molar-refractivity contribution in [3.05, 3.63) is 106 Å². The van der Waals surface area contributed by atoms with Gasteiger partial charge in [-0.15, -0.1) is 0 Å². The lowest BCUT2D eigenvalue weighted by Crippen LogP contribution is -2.42. The molecule has 1 atom stereocenters. The van der Waals surface area contributed by atoms with Crippen LogP contribution in [0.4, 0.5) is 4.39 Å². The van der Waals surface area contributed by atoms with Crippen LogP contribution in [0.2, 0.25) is 0 Å². The average Bonchev–Trinajstić information content (AvgIpc) is 3.31. The molecule has 2 aliphatic rings. The zero-order valence-corrected chi connectivity index (χ0v) is 21.2. The molecule has 1 saturated heterocycles. The molecule has 186 valence electrons. The lowest BCUT2D eigenvalue weighted by Gasteiger charge is -2.33. The Hall–Kier alpha value is -3.31. The number of carbonyl (C=O) groups is 1. The fourth-order valence-electron chi connectivity index (χ4n) is 5.60. The molecule has 0 spiro atoms. The number of hydrogen-bond donors (Lipinski definition) is 0. The first-order chi connectivity index (χ1) is 17.5. The highest BCUT2D eigenvalue weighted by Crippen LogP contribution is 2.35. The van der Waals surface area contributed by atoms with Crippen molar-refractivity contribution in [2.24, 2.45) is 11.0 Å². The summed E-state index contributed by atoms with van der Waals surface area (Å²) in [5.41, 5.74) is 5.88. The van der Waals surface area contributed by atoms with Crippen LogP contribution in [0, 0.1) is 25.6 Å². The first kappa shape index (κ1) is 24.4. The number of nitrogens with zero attached hydrogens (tertiary/aromatic N) is 3. The van der Waals surface area contributed by atoms with Crippen LogP contribution in [0.25, 0.3) is 0 Å². The molecule has 0 aromatic heterocycles. The Balaban J connectivity index is 1.30. The van der Waals surface area contributed by atoms with Crippen LogP contribution in [-0.2, 0) is 11.2 Å². The fraction of sp³-hybridized carbons (Fsp3) is 0.355. The van der Waals surface area contributed by atoms with Gasteiger partial charge in [0.15, 0.2) is 0 Å². The molecule has 0 unspecified atom stereocenters. The molecule has 1 fully saturated rings. The van der Waals surface area contributed by atoms with Crippen molar-refractivity contribution >= 4 is 11.6 Å². The first-order valence-electron chi connectivity index (χ1n) is 13.0. The SMILES string of the molecule is Cc1ccc([C@H]2CC(c3ccccc3F)=NN2C(=O)CN2CCC(Cc3ccccc3)CC2)c(C)c1. The highest BCUT2D eigenvalue weighted by molar-refractivity contribution is 6.03. The Bertz CT molecular complexity index is 1250. The molecule has 0 aliphatic carbocycles. The predicted octanol–water partition coefficient (Wildman–Crippen LogP) is 6.07. The summed E-state index contributed by atoms with van der Waals surface area (Å²) in [6, 6.07) is 23.4. The van der Waals surface area contributed by atoms with Crippen molar-refractivity contribution in [1.82, 2.24) is 9.91 Å². The van der Waals surface area contributed by atoms with Crippen LogP contribution in [0.1, 0.15) is 53.1 Å². The Labute approximate surface area is 213 Å². The van der Waals surface area contributed by atoms with Gasteiger partial charge in [-0.3, -0.25) is 9.69 Å². The van der Waals surface area contributed by atoms with Gasteiger partial charge in [-0.1, -0.05) is 72.3 Å². The van der Waals surface area contributed by atoms with Gasteiger partial charge in [0.05, 0.1) is 18.3 Å². The lowest BCUT2D eigenvalue weighted by atomic mass is 9.90. The lowest BCUT2D eigenvalue weighted by molar-refractivity contribution is -0.134. The zero-order chi connectivity index (χ0) is 25.1. The van der Waals surface area contributed by atoms with E-state index >= 15 is 0 Å². The van der Waals surface area contributed by atoms with Gasteiger partial charge in [0, 0.05) is 12.0 Å². The molecule has 1 amide bonds. The van der Waals surface area contributed by atoms with E-state index in [1.807, 2.05) is 6.07 Å². The highest BCUT2D eigenvalue weighted by Gasteiger charge is 2.35. The molecule has 4 nitrogen and oxygen atoms in total. The first-order valence-corrected chi connectivity index (χ1v) is 13.0. The van der Waals surface area contributed by atoms with E-state index in [2.05, 4.69) is 67.3 Å². The van der Waals surface area contributed by atoms with Gasteiger partial charge in [-0.2, -0.15) is 5.10 Å². The van der Waals surface area contributed by atoms with Gasteiger partial charge in [-0.25, -0.2) is 9.40 Å². The normalized spacial score (nSPS) is 18.9. The van der Waals surface area contributed by atoms with Gasteiger partial charge in [0.25, 0.3) is 5.91 Å².